The van der Waals surface area contributed by atoms with Crippen LogP contribution in [0.15, 0.2) is 48.5 Å². The third-order valence-corrected chi connectivity index (χ3v) is 6.31. The first-order valence-corrected chi connectivity index (χ1v) is 9.43. The molecule has 1 amide bonds. The summed E-state index contributed by atoms with van der Waals surface area (Å²) >= 11 is 5.99. The van der Waals surface area contributed by atoms with Gasteiger partial charge in [0.15, 0.2) is 0 Å². The highest BCUT2D eigenvalue weighted by Crippen LogP contribution is 2.72. The van der Waals surface area contributed by atoms with Crippen molar-refractivity contribution in [3.63, 3.8) is 0 Å². The molecule has 2 atom stereocenters. The average Bonchev–Trinajstić information content (AvgIpc) is 3.01. The molecule has 0 unspecified atom stereocenters. The average molecular weight is 394 g/mol. The number of carbonyl (C=O) groups is 1. The number of carbonyl (C=O) groups excluding carboxylic acids is 1. The Balaban J connectivity index is 1.56. The smallest absolute Gasteiger partial charge is 0.324 e. The number of benzene rings is 2. The van der Waals surface area contributed by atoms with E-state index in [1.807, 2.05) is 30.3 Å². The van der Waals surface area contributed by atoms with E-state index in [2.05, 4.69) is 5.32 Å². The van der Waals surface area contributed by atoms with Crippen molar-refractivity contribution in [1.29, 1.82) is 0 Å². The van der Waals surface area contributed by atoms with Gasteiger partial charge in [-0.05, 0) is 42.0 Å². The summed E-state index contributed by atoms with van der Waals surface area (Å²) in [6.45, 7) is 0. The number of rotatable bonds is 3. The molecule has 0 aromatic heterocycles. The molecule has 142 valence electrons. The van der Waals surface area contributed by atoms with Crippen LogP contribution < -0.4 is 5.32 Å². The van der Waals surface area contributed by atoms with Gasteiger partial charge in [0.2, 0.25) is 5.91 Å². The van der Waals surface area contributed by atoms with Gasteiger partial charge < -0.3 is 5.32 Å². The van der Waals surface area contributed by atoms with Crippen molar-refractivity contribution in [2.75, 3.05) is 5.32 Å². The fraction of sp³-hybridized carbons (Fsp3) is 0.381. The highest BCUT2D eigenvalue weighted by molar-refractivity contribution is 6.33. The van der Waals surface area contributed by atoms with E-state index < -0.39 is 11.7 Å². The predicted molar refractivity (Wildman–Crippen MR) is 98.7 cm³/mol. The largest absolute Gasteiger partial charge is 0.416 e. The number of nitrogens with one attached hydrogen (secondary N) is 1. The van der Waals surface area contributed by atoms with E-state index in [1.54, 1.807) is 0 Å². The lowest BCUT2D eigenvalue weighted by atomic mass is 9.97. The number of hydrogen-bond donors (Lipinski definition) is 1. The van der Waals surface area contributed by atoms with E-state index in [0.717, 1.165) is 43.4 Å². The topological polar surface area (TPSA) is 29.1 Å². The van der Waals surface area contributed by atoms with Gasteiger partial charge in [0.1, 0.15) is 0 Å². The second kappa shape index (κ2) is 6.55. The molecule has 2 aliphatic carbocycles. The molecule has 0 aliphatic heterocycles. The van der Waals surface area contributed by atoms with Crippen LogP contribution in [0.4, 0.5) is 18.9 Å². The minimum Gasteiger partial charge on any atom is -0.324 e. The molecule has 0 bridgehead atoms. The zero-order valence-corrected chi connectivity index (χ0v) is 15.3. The number of amides is 1. The Bertz CT molecular complexity index is 859. The molecule has 6 heteroatoms. The molecule has 2 aromatic carbocycles. The zero-order valence-electron chi connectivity index (χ0n) is 14.5. The van der Waals surface area contributed by atoms with E-state index in [1.165, 1.54) is 6.07 Å². The van der Waals surface area contributed by atoms with Crippen LogP contribution in [0.1, 0.15) is 42.7 Å². The Morgan fingerprint density at radius 1 is 1.07 bits per heavy atom. The normalized spacial score (nSPS) is 23.4. The Kier molecular flexibility index (Phi) is 4.46. The SMILES string of the molecule is O=C(Nc1ccc(C(F)(F)F)cc1Cl)[C@@H]1[C@@H](c2ccccc2)C12CCCC2. The fourth-order valence-corrected chi connectivity index (χ4v) is 4.97. The first-order valence-electron chi connectivity index (χ1n) is 9.05. The van der Waals surface area contributed by atoms with Crippen LogP contribution in [0.3, 0.4) is 0 Å². The molecule has 1 spiro atoms. The van der Waals surface area contributed by atoms with Crippen LogP contribution in [-0.2, 0) is 11.0 Å². The molecule has 27 heavy (non-hydrogen) atoms. The van der Waals surface area contributed by atoms with Crippen molar-refractivity contribution in [2.45, 2.75) is 37.8 Å². The summed E-state index contributed by atoms with van der Waals surface area (Å²) in [4.78, 5) is 13.0. The van der Waals surface area contributed by atoms with Crippen molar-refractivity contribution in [1.82, 2.24) is 0 Å². The number of alkyl halides is 3. The Morgan fingerprint density at radius 3 is 2.33 bits per heavy atom. The molecular formula is C21H19ClF3NO. The van der Waals surface area contributed by atoms with Gasteiger partial charge in [0.25, 0.3) is 0 Å². The third-order valence-electron chi connectivity index (χ3n) is 5.99. The van der Waals surface area contributed by atoms with Crippen molar-refractivity contribution in [3.05, 3.63) is 64.7 Å². The molecule has 0 heterocycles. The second-order valence-corrected chi connectivity index (χ2v) is 7.90. The predicted octanol–water partition coefficient (Wildman–Crippen LogP) is 6.27. The maximum atomic E-state index is 13.0. The molecule has 0 saturated heterocycles. The van der Waals surface area contributed by atoms with Gasteiger partial charge >= 0.3 is 6.18 Å². The summed E-state index contributed by atoms with van der Waals surface area (Å²) in [5.74, 6) is -0.164. The number of hydrogen-bond acceptors (Lipinski definition) is 1. The molecule has 2 nitrogen and oxygen atoms in total. The highest BCUT2D eigenvalue weighted by atomic mass is 35.5. The fourth-order valence-electron chi connectivity index (χ4n) is 4.75. The summed E-state index contributed by atoms with van der Waals surface area (Å²) in [7, 11) is 0. The molecule has 2 aromatic rings. The first-order chi connectivity index (χ1) is 12.8. The lowest BCUT2D eigenvalue weighted by Gasteiger charge is -2.12. The van der Waals surface area contributed by atoms with Crippen molar-refractivity contribution < 1.29 is 18.0 Å². The maximum Gasteiger partial charge on any atom is 0.416 e. The first kappa shape index (κ1) is 18.4. The summed E-state index contributed by atoms with van der Waals surface area (Å²) in [5, 5.41) is 2.66. The highest BCUT2D eigenvalue weighted by Gasteiger charge is 2.68. The van der Waals surface area contributed by atoms with Gasteiger partial charge in [0.05, 0.1) is 22.2 Å². The van der Waals surface area contributed by atoms with Gasteiger partial charge in [-0.15, -0.1) is 0 Å². The van der Waals surface area contributed by atoms with Gasteiger partial charge in [-0.1, -0.05) is 54.8 Å². The summed E-state index contributed by atoms with van der Waals surface area (Å²) in [6.07, 6.45) is -0.242. The Hall–Kier alpha value is -2.01. The maximum absolute atomic E-state index is 13.0. The molecule has 2 fully saturated rings. The van der Waals surface area contributed by atoms with E-state index in [0.29, 0.717) is 0 Å². The van der Waals surface area contributed by atoms with Gasteiger partial charge in [-0.3, -0.25) is 4.79 Å². The van der Waals surface area contributed by atoms with Crippen LogP contribution in [0, 0.1) is 11.3 Å². The minimum absolute atomic E-state index is 0.0240. The van der Waals surface area contributed by atoms with E-state index in [-0.39, 0.29) is 33.9 Å². The lowest BCUT2D eigenvalue weighted by Crippen LogP contribution is -2.18. The molecule has 2 aliphatic rings. The third kappa shape index (κ3) is 3.22. The quantitative estimate of drug-likeness (QED) is 0.654. The summed E-state index contributed by atoms with van der Waals surface area (Å²) in [6, 6.07) is 13.0. The van der Waals surface area contributed by atoms with E-state index in [4.69, 9.17) is 11.6 Å². The van der Waals surface area contributed by atoms with Gasteiger partial charge in [-0.2, -0.15) is 13.2 Å². The molecule has 2 saturated carbocycles. The molecular weight excluding hydrogens is 375 g/mol. The minimum atomic E-state index is -4.46. The molecule has 1 N–H and O–H groups in total. The van der Waals surface area contributed by atoms with Gasteiger partial charge in [0, 0.05) is 5.92 Å². The number of anilines is 1. The Morgan fingerprint density at radius 2 is 1.74 bits per heavy atom. The Labute approximate surface area is 160 Å². The standard InChI is InChI=1S/C21H19ClF3NO/c22-15-12-14(21(23,24)25)8-9-16(15)26-19(27)18-17(13-6-2-1-3-7-13)20(18)10-4-5-11-20/h1-3,6-9,12,17-18H,4-5,10-11H2,(H,26,27)/t17-,18+/m1/s1. The number of halogens is 4. The van der Waals surface area contributed by atoms with Gasteiger partial charge in [-0.25, -0.2) is 0 Å². The second-order valence-electron chi connectivity index (χ2n) is 7.49. The van der Waals surface area contributed by atoms with Crippen molar-refractivity contribution >= 4 is 23.2 Å². The van der Waals surface area contributed by atoms with Crippen molar-refractivity contribution in [3.8, 4) is 0 Å². The summed E-state index contributed by atoms with van der Waals surface area (Å²) in [5.41, 5.74) is 0.523. The van der Waals surface area contributed by atoms with Crippen LogP contribution in [0.2, 0.25) is 5.02 Å². The zero-order chi connectivity index (χ0) is 19.2. The van der Waals surface area contributed by atoms with Crippen LogP contribution in [0.25, 0.3) is 0 Å². The molecule has 4 rings (SSSR count). The summed E-state index contributed by atoms with van der Waals surface area (Å²) < 4.78 is 38.4. The van der Waals surface area contributed by atoms with Crippen LogP contribution in [-0.4, -0.2) is 5.91 Å². The van der Waals surface area contributed by atoms with E-state index in [9.17, 15) is 18.0 Å². The van der Waals surface area contributed by atoms with Crippen molar-refractivity contribution in [2.24, 2.45) is 11.3 Å². The van der Waals surface area contributed by atoms with E-state index >= 15 is 0 Å². The molecule has 0 radical (unpaired) electrons. The van der Waals surface area contributed by atoms with Crippen LogP contribution >= 0.6 is 11.6 Å². The lowest BCUT2D eigenvalue weighted by molar-refractivity contribution is -0.137. The monoisotopic (exact) mass is 393 g/mol. The van der Waals surface area contributed by atoms with Crippen LogP contribution in [0.5, 0.6) is 0 Å².